The molecular weight excluding hydrogens is 402 g/mol. The molecule has 0 amide bonds. The SMILES string of the molecule is Cc1ccc(NC(=S)NC(=NS(=O)(=O)c2ccc(C)cc2)c2ccccc2)cc1. The third-order valence-corrected chi connectivity index (χ3v) is 5.61. The summed E-state index contributed by atoms with van der Waals surface area (Å²) in [4.78, 5) is 0.121. The predicted octanol–water partition coefficient (Wildman–Crippen LogP) is 4.43. The van der Waals surface area contributed by atoms with Crippen molar-refractivity contribution >= 4 is 38.9 Å². The van der Waals surface area contributed by atoms with Gasteiger partial charge in [0.25, 0.3) is 10.0 Å². The van der Waals surface area contributed by atoms with Gasteiger partial charge in [-0.05, 0) is 50.3 Å². The standard InChI is InChI=1S/C22H21N3O2S2/c1-16-8-12-19(13-9-16)23-22(28)24-21(18-6-4-3-5-7-18)25-29(26,27)20-14-10-17(2)11-15-20/h3-15H,1-2H3,(H2,23,24,25,28). The quantitative estimate of drug-likeness (QED) is 0.369. The Morgan fingerprint density at radius 3 is 1.97 bits per heavy atom. The van der Waals surface area contributed by atoms with Crippen LogP contribution in [0, 0.1) is 13.8 Å². The molecule has 148 valence electrons. The minimum atomic E-state index is -3.91. The number of amidine groups is 1. The highest BCUT2D eigenvalue weighted by Crippen LogP contribution is 2.15. The lowest BCUT2D eigenvalue weighted by atomic mass is 10.2. The number of thiocarbonyl (C=S) groups is 1. The zero-order valence-corrected chi connectivity index (χ0v) is 17.7. The topological polar surface area (TPSA) is 70.6 Å². The number of sulfonamides is 1. The number of benzene rings is 3. The van der Waals surface area contributed by atoms with Gasteiger partial charge in [-0.15, -0.1) is 4.40 Å². The number of aryl methyl sites for hydroxylation is 2. The third-order valence-electron chi connectivity index (χ3n) is 4.12. The fraction of sp³-hybridized carbons (Fsp3) is 0.0909. The lowest BCUT2D eigenvalue weighted by Crippen LogP contribution is -2.35. The van der Waals surface area contributed by atoms with Crippen molar-refractivity contribution in [1.82, 2.24) is 5.32 Å². The van der Waals surface area contributed by atoms with E-state index in [0.717, 1.165) is 16.8 Å². The van der Waals surface area contributed by atoms with Crippen LogP contribution in [0.15, 0.2) is 88.2 Å². The summed E-state index contributed by atoms with van der Waals surface area (Å²) in [5.41, 5.74) is 3.50. The van der Waals surface area contributed by atoms with Crippen LogP contribution in [0.3, 0.4) is 0 Å². The van der Waals surface area contributed by atoms with Crippen LogP contribution in [-0.2, 0) is 10.0 Å². The summed E-state index contributed by atoms with van der Waals surface area (Å²) < 4.78 is 29.7. The van der Waals surface area contributed by atoms with Crippen molar-refractivity contribution in [1.29, 1.82) is 0 Å². The van der Waals surface area contributed by atoms with Crippen LogP contribution in [0.25, 0.3) is 0 Å². The van der Waals surface area contributed by atoms with E-state index in [-0.39, 0.29) is 15.8 Å². The van der Waals surface area contributed by atoms with E-state index >= 15 is 0 Å². The maximum absolute atomic E-state index is 12.8. The highest BCUT2D eigenvalue weighted by molar-refractivity contribution is 7.90. The molecule has 0 atom stereocenters. The monoisotopic (exact) mass is 423 g/mol. The maximum atomic E-state index is 12.8. The van der Waals surface area contributed by atoms with Gasteiger partial charge in [0, 0.05) is 11.3 Å². The minimum Gasteiger partial charge on any atom is -0.332 e. The van der Waals surface area contributed by atoms with E-state index in [1.165, 1.54) is 0 Å². The van der Waals surface area contributed by atoms with E-state index in [0.29, 0.717) is 5.56 Å². The highest BCUT2D eigenvalue weighted by Gasteiger charge is 2.16. The Labute approximate surface area is 176 Å². The van der Waals surface area contributed by atoms with E-state index in [2.05, 4.69) is 15.0 Å². The van der Waals surface area contributed by atoms with Crippen LogP contribution < -0.4 is 10.6 Å². The first-order chi connectivity index (χ1) is 13.8. The molecule has 29 heavy (non-hydrogen) atoms. The van der Waals surface area contributed by atoms with Gasteiger partial charge in [-0.1, -0.05) is 65.7 Å². The summed E-state index contributed by atoms with van der Waals surface area (Å²) in [6.07, 6.45) is 0. The smallest absolute Gasteiger partial charge is 0.284 e. The Hall–Kier alpha value is -3.03. The Kier molecular flexibility index (Phi) is 6.41. The number of anilines is 1. The first-order valence-corrected chi connectivity index (χ1v) is 10.8. The van der Waals surface area contributed by atoms with Crippen LogP contribution in [0.5, 0.6) is 0 Å². The molecule has 3 rings (SSSR count). The molecule has 0 aliphatic rings. The van der Waals surface area contributed by atoms with Gasteiger partial charge >= 0.3 is 0 Å². The van der Waals surface area contributed by atoms with Gasteiger partial charge < -0.3 is 10.6 Å². The van der Waals surface area contributed by atoms with Crippen LogP contribution in [-0.4, -0.2) is 19.4 Å². The van der Waals surface area contributed by atoms with E-state index in [4.69, 9.17) is 12.2 Å². The lowest BCUT2D eigenvalue weighted by Gasteiger charge is -2.13. The van der Waals surface area contributed by atoms with Gasteiger partial charge in [0.2, 0.25) is 0 Å². The van der Waals surface area contributed by atoms with Gasteiger partial charge in [-0.2, -0.15) is 8.42 Å². The molecule has 0 bridgehead atoms. The molecule has 3 aromatic carbocycles. The zero-order valence-electron chi connectivity index (χ0n) is 16.1. The molecule has 0 heterocycles. The van der Waals surface area contributed by atoms with Crippen molar-refractivity contribution in [3.63, 3.8) is 0 Å². The number of nitrogens with zero attached hydrogens (tertiary/aromatic N) is 1. The molecule has 0 fully saturated rings. The lowest BCUT2D eigenvalue weighted by molar-refractivity contribution is 0.598. The minimum absolute atomic E-state index is 0.121. The molecule has 0 spiro atoms. The molecule has 0 saturated carbocycles. The van der Waals surface area contributed by atoms with E-state index in [1.54, 1.807) is 36.4 Å². The Balaban J connectivity index is 1.90. The van der Waals surface area contributed by atoms with Crippen molar-refractivity contribution < 1.29 is 8.42 Å². The molecule has 3 aromatic rings. The van der Waals surface area contributed by atoms with Crippen molar-refractivity contribution in [2.45, 2.75) is 18.7 Å². The second-order valence-electron chi connectivity index (χ2n) is 6.54. The van der Waals surface area contributed by atoms with Gasteiger partial charge in [-0.3, -0.25) is 0 Å². The number of hydrogen-bond donors (Lipinski definition) is 2. The van der Waals surface area contributed by atoms with Crippen LogP contribution >= 0.6 is 12.2 Å². The van der Waals surface area contributed by atoms with Crippen molar-refractivity contribution in [3.05, 3.63) is 95.6 Å². The van der Waals surface area contributed by atoms with Crippen molar-refractivity contribution in [2.24, 2.45) is 4.40 Å². The second kappa shape index (κ2) is 8.98. The molecule has 0 aliphatic carbocycles. The number of rotatable bonds is 4. The van der Waals surface area contributed by atoms with E-state index in [9.17, 15) is 8.42 Å². The average Bonchev–Trinajstić information content (AvgIpc) is 2.70. The molecule has 2 N–H and O–H groups in total. The van der Waals surface area contributed by atoms with Crippen LogP contribution in [0.1, 0.15) is 16.7 Å². The molecule has 0 radical (unpaired) electrons. The average molecular weight is 424 g/mol. The molecule has 0 unspecified atom stereocenters. The Morgan fingerprint density at radius 2 is 1.38 bits per heavy atom. The van der Waals surface area contributed by atoms with E-state index in [1.807, 2.05) is 56.3 Å². The normalized spacial score (nSPS) is 11.7. The summed E-state index contributed by atoms with van der Waals surface area (Å²) in [6.45, 7) is 3.89. The second-order valence-corrected chi connectivity index (χ2v) is 8.55. The zero-order chi connectivity index (χ0) is 20.9. The van der Waals surface area contributed by atoms with Gasteiger partial charge in [0.1, 0.15) is 0 Å². The first-order valence-electron chi connectivity index (χ1n) is 8.95. The highest BCUT2D eigenvalue weighted by atomic mass is 32.2. The van der Waals surface area contributed by atoms with Gasteiger partial charge in [0.15, 0.2) is 10.9 Å². The fourth-order valence-corrected chi connectivity index (χ4v) is 3.72. The Bertz CT molecular complexity index is 1120. The summed E-state index contributed by atoms with van der Waals surface area (Å²) in [6, 6.07) is 23.3. The van der Waals surface area contributed by atoms with Gasteiger partial charge in [-0.25, -0.2) is 0 Å². The largest absolute Gasteiger partial charge is 0.332 e. The molecular formula is C22H21N3O2S2. The summed E-state index contributed by atoms with van der Waals surface area (Å²) in [5, 5.41) is 6.22. The van der Waals surface area contributed by atoms with E-state index < -0.39 is 10.0 Å². The van der Waals surface area contributed by atoms with Crippen molar-refractivity contribution in [3.8, 4) is 0 Å². The summed E-state index contributed by atoms with van der Waals surface area (Å²) in [7, 11) is -3.91. The first kappa shape index (κ1) is 20.7. The fourth-order valence-electron chi connectivity index (χ4n) is 2.53. The third kappa shape index (κ3) is 5.73. The summed E-state index contributed by atoms with van der Waals surface area (Å²) >= 11 is 5.37. The number of hydrogen-bond acceptors (Lipinski definition) is 3. The number of nitrogens with one attached hydrogen (secondary N) is 2. The maximum Gasteiger partial charge on any atom is 0.284 e. The molecule has 5 nitrogen and oxygen atoms in total. The van der Waals surface area contributed by atoms with Crippen LogP contribution in [0.2, 0.25) is 0 Å². The van der Waals surface area contributed by atoms with Crippen molar-refractivity contribution in [2.75, 3.05) is 5.32 Å². The van der Waals surface area contributed by atoms with Crippen LogP contribution in [0.4, 0.5) is 5.69 Å². The predicted molar refractivity (Wildman–Crippen MR) is 122 cm³/mol. The Morgan fingerprint density at radius 1 is 0.828 bits per heavy atom. The molecule has 0 aromatic heterocycles. The summed E-state index contributed by atoms with van der Waals surface area (Å²) in [5.74, 6) is 0.149. The molecule has 7 heteroatoms. The molecule has 0 aliphatic heterocycles. The van der Waals surface area contributed by atoms with Gasteiger partial charge in [0.05, 0.1) is 4.90 Å². The molecule has 0 saturated heterocycles.